The molecule has 3 heteroatoms. The lowest BCUT2D eigenvalue weighted by Crippen LogP contribution is -1.94. The molecular formula is C11H10O3. The molecule has 3 nitrogen and oxygen atoms in total. The van der Waals surface area contributed by atoms with Crippen molar-refractivity contribution >= 4 is 5.97 Å². The van der Waals surface area contributed by atoms with E-state index in [-0.39, 0.29) is 6.42 Å². The molecule has 0 saturated carbocycles. The lowest BCUT2D eigenvalue weighted by Gasteiger charge is -2.01. The summed E-state index contributed by atoms with van der Waals surface area (Å²) in [5, 5.41) is 17.8. The van der Waals surface area contributed by atoms with Crippen molar-refractivity contribution in [2.45, 2.75) is 12.5 Å². The minimum absolute atomic E-state index is 0.246. The van der Waals surface area contributed by atoms with Gasteiger partial charge >= 0.3 is 5.97 Å². The number of benzene rings is 1. The fraction of sp³-hybridized carbons (Fsp3) is 0.182. The molecule has 0 radical (unpaired) electrons. The van der Waals surface area contributed by atoms with Gasteiger partial charge in [0.05, 0.1) is 0 Å². The first-order valence-corrected chi connectivity index (χ1v) is 4.13. The fourth-order valence-corrected chi connectivity index (χ4v) is 0.942. The number of hydrogen-bond donors (Lipinski definition) is 2. The zero-order valence-electron chi connectivity index (χ0n) is 7.47. The van der Waals surface area contributed by atoms with Crippen LogP contribution in [-0.2, 0) is 4.79 Å². The van der Waals surface area contributed by atoms with Crippen molar-refractivity contribution in [1.29, 1.82) is 0 Å². The van der Waals surface area contributed by atoms with E-state index in [0.29, 0.717) is 5.56 Å². The molecule has 0 aliphatic carbocycles. The molecule has 1 aromatic rings. The number of hydrogen-bond acceptors (Lipinski definition) is 2. The van der Waals surface area contributed by atoms with Gasteiger partial charge in [-0.15, -0.1) is 0 Å². The second-order valence-electron chi connectivity index (χ2n) is 2.70. The number of carbonyl (C=O) groups is 1. The largest absolute Gasteiger partial charge is 0.481 e. The average Bonchev–Trinajstić information content (AvgIpc) is 2.18. The van der Waals surface area contributed by atoms with E-state index in [1.54, 1.807) is 24.3 Å². The Balaban J connectivity index is 2.61. The third-order valence-electron chi connectivity index (χ3n) is 1.59. The highest BCUT2D eigenvalue weighted by atomic mass is 16.4. The SMILES string of the molecule is O=C(O)CC#CC(O)c1ccccc1. The predicted octanol–water partition coefficient (Wildman–Crippen LogP) is 1.20. The Kier molecular flexibility index (Phi) is 3.71. The third-order valence-corrected chi connectivity index (χ3v) is 1.59. The Morgan fingerprint density at radius 3 is 2.57 bits per heavy atom. The fourth-order valence-electron chi connectivity index (χ4n) is 0.942. The van der Waals surface area contributed by atoms with Crippen LogP contribution < -0.4 is 0 Å². The summed E-state index contributed by atoms with van der Waals surface area (Å²) < 4.78 is 0. The first-order valence-electron chi connectivity index (χ1n) is 4.13. The molecule has 2 N–H and O–H groups in total. The summed E-state index contributed by atoms with van der Waals surface area (Å²) in [6.07, 6.45) is -1.15. The van der Waals surface area contributed by atoms with Crippen LogP contribution >= 0.6 is 0 Å². The number of aliphatic hydroxyl groups excluding tert-OH is 1. The van der Waals surface area contributed by atoms with E-state index in [4.69, 9.17) is 5.11 Å². The van der Waals surface area contributed by atoms with Gasteiger partial charge in [-0.25, -0.2) is 0 Å². The van der Waals surface area contributed by atoms with E-state index in [1.165, 1.54) is 0 Å². The molecule has 0 heterocycles. The van der Waals surface area contributed by atoms with Gasteiger partial charge in [0, 0.05) is 0 Å². The van der Waals surface area contributed by atoms with Crippen LogP contribution in [0.1, 0.15) is 18.1 Å². The summed E-state index contributed by atoms with van der Waals surface area (Å²) in [6.45, 7) is 0. The van der Waals surface area contributed by atoms with Crippen LogP contribution in [0.2, 0.25) is 0 Å². The Labute approximate surface area is 82.0 Å². The number of aliphatic hydroxyl groups is 1. The maximum Gasteiger partial charge on any atom is 0.315 e. The van der Waals surface area contributed by atoms with E-state index < -0.39 is 12.1 Å². The summed E-state index contributed by atoms with van der Waals surface area (Å²) in [4.78, 5) is 10.1. The van der Waals surface area contributed by atoms with Gasteiger partial charge in [-0.3, -0.25) is 4.79 Å². The number of rotatable bonds is 2. The molecule has 0 aliphatic heterocycles. The lowest BCUT2D eigenvalue weighted by molar-refractivity contribution is -0.135. The molecule has 1 atom stereocenters. The van der Waals surface area contributed by atoms with Gasteiger partial charge in [-0.2, -0.15) is 0 Å². The smallest absolute Gasteiger partial charge is 0.315 e. The minimum atomic E-state index is -0.988. The van der Waals surface area contributed by atoms with Crippen LogP contribution in [0, 0.1) is 11.8 Å². The normalized spacial score (nSPS) is 11.2. The molecule has 0 saturated heterocycles. The average molecular weight is 190 g/mol. The lowest BCUT2D eigenvalue weighted by atomic mass is 10.1. The monoisotopic (exact) mass is 190 g/mol. The highest BCUT2D eigenvalue weighted by Gasteiger charge is 2.00. The van der Waals surface area contributed by atoms with E-state index in [2.05, 4.69) is 11.8 Å². The van der Waals surface area contributed by atoms with Crippen molar-refractivity contribution in [3.63, 3.8) is 0 Å². The molecule has 1 unspecified atom stereocenters. The molecule has 0 amide bonds. The molecule has 14 heavy (non-hydrogen) atoms. The van der Waals surface area contributed by atoms with Crippen molar-refractivity contribution < 1.29 is 15.0 Å². The zero-order chi connectivity index (χ0) is 10.4. The first-order chi connectivity index (χ1) is 6.70. The summed E-state index contributed by atoms with van der Waals surface area (Å²) >= 11 is 0. The Morgan fingerprint density at radius 2 is 2.00 bits per heavy atom. The second kappa shape index (κ2) is 5.05. The van der Waals surface area contributed by atoms with E-state index in [1.807, 2.05) is 6.07 Å². The highest BCUT2D eigenvalue weighted by molar-refractivity contribution is 5.69. The molecular weight excluding hydrogens is 180 g/mol. The molecule has 0 fully saturated rings. The van der Waals surface area contributed by atoms with Crippen LogP contribution in [0.3, 0.4) is 0 Å². The van der Waals surface area contributed by atoms with Crippen molar-refractivity contribution in [1.82, 2.24) is 0 Å². The number of carboxylic acids is 1. The van der Waals surface area contributed by atoms with Crippen molar-refractivity contribution in [3.8, 4) is 11.8 Å². The molecule has 0 aromatic heterocycles. The quantitative estimate of drug-likeness (QED) is 0.689. The van der Waals surface area contributed by atoms with Crippen LogP contribution in [0.15, 0.2) is 30.3 Å². The van der Waals surface area contributed by atoms with E-state index >= 15 is 0 Å². The predicted molar refractivity (Wildman–Crippen MR) is 51.4 cm³/mol. The molecule has 0 spiro atoms. The molecule has 1 rings (SSSR count). The van der Waals surface area contributed by atoms with Gasteiger partial charge in [-0.05, 0) is 5.56 Å². The van der Waals surface area contributed by atoms with Gasteiger partial charge < -0.3 is 10.2 Å². The van der Waals surface area contributed by atoms with Gasteiger partial charge in [0.1, 0.15) is 12.5 Å². The molecule has 0 aliphatic rings. The molecule has 72 valence electrons. The number of carboxylic acid groups (broad SMARTS) is 1. The van der Waals surface area contributed by atoms with Crippen LogP contribution in [0.4, 0.5) is 0 Å². The number of aliphatic carboxylic acids is 1. The van der Waals surface area contributed by atoms with Gasteiger partial charge in [0.25, 0.3) is 0 Å². The highest BCUT2D eigenvalue weighted by Crippen LogP contribution is 2.09. The Morgan fingerprint density at radius 1 is 1.36 bits per heavy atom. The minimum Gasteiger partial charge on any atom is -0.481 e. The van der Waals surface area contributed by atoms with Gasteiger partial charge in [-0.1, -0.05) is 42.2 Å². The molecule has 0 bridgehead atoms. The van der Waals surface area contributed by atoms with Gasteiger partial charge in [0.15, 0.2) is 0 Å². The maximum absolute atomic E-state index is 10.1. The van der Waals surface area contributed by atoms with Crippen LogP contribution in [0.25, 0.3) is 0 Å². The topological polar surface area (TPSA) is 57.5 Å². The summed E-state index contributed by atoms with van der Waals surface area (Å²) in [7, 11) is 0. The van der Waals surface area contributed by atoms with Crippen LogP contribution in [0.5, 0.6) is 0 Å². The van der Waals surface area contributed by atoms with Crippen LogP contribution in [-0.4, -0.2) is 16.2 Å². The summed E-state index contributed by atoms with van der Waals surface area (Å²) in [5.74, 6) is 3.85. The first kappa shape index (κ1) is 10.3. The van der Waals surface area contributed by atoms with E-state index in [9.17, 15) is 9.90 Å². The Bertz CT molecular complexity index is 359. The Hall–Kier alpha value is -1.79. The van der Waals surface area contributed by atoms with Crippen molar-refractivity contribution in [2.24, 2.45) is 0 Å². The van der Waals surface area contributed by atoms with Crippen molar-refractivity contribution in [3.05, 3.63) is 35.9 Å². The van der Waals surface area contributed by atoms with E-state index in [0.717, 1.165) is 0 Å². The zero-order valence-corrected chi connectivity index (χ0v) is 7.47. The second-order valence-corrected chi connectivity index (χ2v) is 2.70. The van der Waals surface area contributed by atoms with Gasteiger partial charge in [0.2, 0.25) is 0 Å². The standard InChI is InChI=1S/C11H10O3/c12-10(7-4-8-11(13)14)9-5-2-1-3-6-9/h1-3,5-6,10,12H,8H2,(H,13,14). The summed E-state index contributed by atoms with van der Waals surface area (Å²) in [6, 6.07) is 8.88. The molecule has 1 aromatic carbocycles. The summed E-state index contributed by atoms with van der Waals surface area (Å²) in [5.41, 5.74) is 0.672. The maximum atomic E-state index is 10.1. The third kappa shape index (κ3) is 3.30. The van der Waals surface area contributed by atoms with Crippen molar-refractivity contribution in [2.75, 3.05) is 0 Å².